The molecule has 0 unspecified atom stereocenters. The number of nitrogens with zero attached hydrogens (tertiary/aromatic N) is 4. The van der Waals surface area contributed by atoms with E-state index >= 15 is 0 Å². The Morgan fingerprint density at radius 1 is 1.21 bits per heavy atom. The Kier molecular flexibility index (Phi) is 4.99. The molecule has 3 heterocycles. The van der Waals surface area contributed by atoms with E-state index in [2.05, 4.69) is 10.3 Å². The monoisotopic (exact) mass is 386 g/mol. The predicted molar refractivity (Wildman–Crippen MR) is 96.8 cm³/mol. The first-order valence-electron chi connectivity index (χ1n) is 9.27. The predicted octanol–water partition coefficient (Wildman–Crippen LogP) is 1.49. The fraction of sp³-hybridized carbons (Fsp3) is 0.474. The maximum absolute atomic E-state index is 12.8. The van der Waals surface area contributed by atoms with Gasteiger partial charge in [-0.2, -0.15) is 0 Å². The van der Waals surface area contributed by atoms with Gasteiger partial charge in [0.05, 0.1) is 31.9 Å². The third kappa shape index (κ3) is 3.45. The highest BCUT2D eigenvalue weighted by molar-refractivity contribution is 5.93. The van der Waals surface area contributed by atoms with Crippen molar-refractivity contribution >= 4 is 11.9 Å². The van der Waals surface area contributed by atoms with Crippen molar-refractivity contribution in [2.75, 3.05) is 20.2 Å². The number of carboxylic acids is 1. The Balaban J connectivity index is 1.45. The molecule has 1 saturated heterocycles. The largest absolute Gasteiger partial charge is 0.497 e. The molecule has 2 aliphatic heterocycles. The first-order chi connectivity index (χ1) is 13.6. The first kappa shape index (κ1) is 18.4. The van der Waals surface area contributed by atoms with Crippen LogP contribution in [0.15, 0.2) is 24.3 Å². The number of rotatable bonds is 4. The van der Waals surface area contributed by atoms with E-state index in [0.29, 0.717) is 43.9 Å². The van der Waals surface area contributed by atoms with Crippen molar-refractivity contribution in [1.82, 2.24) is 19.9 Å². The molecule has 2 aromatic rings. The molecule has 1 atom stereocenters. The lowest BCUT2D eigenvalue weighted by atomic mass is 9.97. The molecule has 1 aromatic heterocycles. The Bertz CT molecular complexity index is 871. The molecule has 4 rings (SSSR count). The van der Waals surface area contributed by atoms with Crippen molar-refractivity contribution in [3.63, 3.8) is 0 Å². The van der Waals surface area contributed by atoms with Crippen LogP contribution in [0.4, 0.5) is 0 Å². The highest BCUT2D eigenvalue weighted by Gasteiger charge is 2.32. The van der Waals surface area contributed by atoms with Crippen LogP contribution in [-0.4, -0.2) is 57.1 Å². The van der Waals surface area contributed by atoms with Crippen LogP contribution in [0.1, 0.15) is 40.7 Å². The number of hydrogen-bond acceptors (Lipinski definition) is 6. The van der Waals surface area contributed by atoms with E-state index in [0.717, 1.165) is 11.3 Å². The summed E-state index contributed by atoms with van der Waals surface area (Å²) in [5.74, 6) is -0.616. The van der Waals surface area contributed by atoms with Crippen LogP contribution in [0.3, 0.4) is 0 Å². The van der Waals surface area contributed by atoms with Gasteiger partial charge < -0.3 is 19.5 Å². The number of amides is 1. The van der Waals surface area contributed by atoms with Gasteiger partial charge in [0.25, 0.3) is 5.91 Å². The van der Waals surface area contributed by atoms with Crippen LogP contribution in [0, 0.1) is 5.92 Å². The zero-order valence-electron chi connectivity index (χ0n) is 15.6. The maximum atomic E-state index is 12.8. The number of carbonyl (C=O) groups excluding carboxylic acids is 1. The molecule has 1 N–H and O–H groups in total. The van der Waals surface area contributed by atoms with E-state index in [1.165, 1.54) is 0 Å². The number of benzene rings is 1. The molecule has 9 heteroatoms. The van der Waals surface area contributed by atoms with Crippen molar-refractivity contribution in [3.05, 3.63) is 41.2 Å². The second kappa shape index (κ2) is 7.59. The van der Waals surface area contributed by atoms with Crippen LogP contribution in [0.25, 0.3) is 0 Å². The molecule has 148 valence electrons. The molecule has 0 saturated carbocycles. The normalized spacial score (nSPS) is 19.9. The molecule has 1 aromatic carbocycles. The van der Waals surface area contributed by atoms with Crippen LogP contribution in [0.5, 0.6) is 5.75 Å². The van der Waals surface area contributed by atoms with E-state index < -0.39 is 5.97 Å². The second-order valence-electron chi connectivity index (χ2n) is 7.04. The average Bonchev–Trinajstić information content (AvgIpc) is 3.16. The molecule has 0 aliphatic carbocycles. The Labute approximate surface area is 161 Å². The molecule has 1 fully saturated rings. The van der Waals surface area contributed by atoms with Gasteiger partial charge in [0, 0.05) is 13.1 Å². The second-order valence-corrected chi connectivity index (χ2v) is 7.04. The summed E-state index contributed by atoms with van der Waals surface area (Å²) >= 11 is 0. The van der Waals surface area contributed by atoms with Crippen molar-refractivity contribution in [3.8, 4) is 5.75 Å². The molecule has 0 bridgehead atoms. The molecule has 0 radical (unpaired) electrons. The average molecular weight is 386 g/mol. The van der Waals surface area contributed by atoms with E-state index in [1.54, 1.807) is 16.7 Å². The number of aromatic nitrogens is 3. The highest BCUT2D eigenvalue weighted by Crippen LogP contribution is 2.29. The third-order valence-electron chi connectivity index (χ3n) is 5.42. The molecular weight excluding hydrogens is 364 g/mol. The highest BCUT2D eigenvalue weighted by atomic mass is 16.5. The summed E-state index contributed by atoms with van der Waals surface area (Å²) in [6.45, 7) is 1.55. The van der Waals surface area contributed by atoms with Gasteiger partial charge in [-0.05, 0) is 30.5 Å². The lowest BCUT2D eigenvalue weighted by Gasteiger charge is -2.30. The maximum Gasteiger partial charge on any atom is 0.306 e. The number of aliphatic carboxylic acids is 1. The van der Waals surface area contributed by atoms with E-state index in [9.17, 15) is 9.59 Å². The summed E-state index contributed by atoms with van der Waals surface area (Å²) in [6.07, 6.45) is 0.746. The number of hydrogen-bond donors (Lipinski definition) is 1. The number of likely N-dealkylation sites (tertiary alicyclic amines) is 1. The summed E-state index contributed by atoms with van der Waals surface area (Å²) in [5.41, 5.74) is 1.96. The zero-order valence-corrected chi connectivity index (χ0v) is 15.6. The molecule has 28 heavy (non-hydrogen) atoms. The van der Waals surface area contributed by atoms with Gasteiger partial charge in [0.1, 0.15) is 11.9 Å². The van der Waals surface area contributed by atoms with Gasteiger partial charge in [0.2, 0.25) is 0 Å². The van der Waals surface area contributed by atoms with Crippen LogP contribution in [-0.2, 0) is 22.7 Å². The fourth-order valence-corrected chi connectivity index (χ4v) is 3.68. The molecule has 0 spiro atoms. The quantitative estimate of drug-likeness (QED) is 0.848. The minimum absolute atomic E-state index is 0.172. The number of ether oxygens (including phenoxy) is 2. The minimum Gasteiger partial charge on any atom is -0.497 e. The topological polar surface area (TPSA) is 107 Å². The number of methoxy groups -OCH3 is 1. The molecule has 2 aliphatic rings. The number of fused-ring (bicyclic) bond motifs is 1. The zero-order chi connectivity index (χ0) is 19.7. The lowest BCUT2D eigenvalue weighted by molar-refractivity contribution is -0.143. The van der Waals surface area contributed by atoms with Crippen LogP contribution in [0.2, 0.25) is 0 Å². The number of piperidine rings is 1. The smallest absolute Gasteiger partial charge is 0.306 e. The Morgan fingerprint density at radius 3 is 2.57 bits per heavy atom. The van der Waals surface area contributed by atoms with Gasteiger partial charge in [-0.15, -0.1) is 5.10 Å². The van der Waals surface area contributed by atoms with E-state index in [1.807, 2.05) is 24.3 Å². The van der Waals surface area contributed by atoms with E-state index in [4.69, 9.17) is 14.6 Å². The van der Waals surface area contributed by atoms with Gasteiger partial charge in [-0.3, -0.25) is 9.59 Å². The SMILES string of the molecule is COc1ccc([C@H]2Cn3nnc(C(=O)N4CCC(C(=O)O)CC4)c3CO2)cc1. The molecular formula is C19H22N4O5. The number of carbonyl (C=O) groups is 2. The van der Waals surface area contributed by atoms with Gasteiger partial charge in [-0.1, -0.05) is 17.3 Å². The van der Waals surface area contributed by atoms with Crippen molar-refractivity contribution in [2.45, 2.75) is 32.1 Å². The standard InChI is InChI=1S/C19H22N4O5/c1-27-14-4-2-12(3-5-14)16-10-23-15(11-28-16)17(20-21-23)18(24)22-8-6-13(7-9-22)19(25)26/h2-5,13,16H,6-11H2,1H3,(H,25,26)/t16-/m1/s1. The first-order valence-corrected chi connectivity index (χ1v) is 9.27. The summed E-state index contributed by atoms with van der Waals surface area (Å²) in [6, 6.07) is 7.66. The Hall–Kier alpha value is -2.94. The third-order valence-corrected chi connectivity index (χ3v) is 5.42. The fourth-order valence-electron chi connectivity index (χ4n) is 3.68. The van der Waals surface area contributed by atoms with Crippen molar-refractivity contribution in [1.29, 1.82) is 0 Å². The van der Waals surface area contributed by atoms with E-state index in [-0.39, 0.29) is 24.5 Å². The van der Waals surface area contributed by atoms with Crippen molar-refractivity contribution in [2.24, 2.45) is 5.92 Å². The molecule has 1 amide bonds. The summed E-state index contributed by atoms with van der Waals surface area (Å²) in [5, 5.41) is 17.3. The lowest BCUT2D eigenvalue weighted by Crippen LogP contribution is -2.41. The molecule has 9 nitrogen and oxygen atoms in total. The summed E-state index contributed by atoms with van der Waals surface area (Å²) in [4.78, 5) is 25.6. The van der Waals surface area contributed by atoms with Gasteiger partial charge in [-0.25, -0.2) is 4.68 Å². The van der Waals surface area contributed by atoms with Gasteiger partial charge in [0.15, 0.2) is 5.69 Å². The summed E-state index contributed by atoms with van der Waals surface area (Å²) < 4.78 is 12.9. The minimum atomic E-state index is -0.800. The van der Waals surface area contributed by atoms with Crippen LogP contribution < -0.4 is 4.74 Å². The van der Waals surface area contributed by atoms with Gasteiger partial charge >= 0.3 is 5.97 Å². The summed E-state index contributed by atoms with van der Waals surface area (Å²) in [7, 11) is 1.62. The van der Waals surface area contributed by atoms with Crippen molar-refractivity contribution < 1.29 is 24.2 Å². The van der Waals surface area contributed by atoms with Crippen LogP contribution >= 0.6 is 0 Å². The number of carboxylic acid groups (broad SMARTS) is 1. The Morgan fingerprint density at radius 2 is 1.93 bits per heavy atom.